The molecule has 172 valence electrons. The van der Waals surface area contributed by atoms with E-state index in [2.05, 4.69) is 67.0 Å². The Morgan fingerprint density at radius 2 is 1.94 bits per heavy atom. The molecule has 0 radical (unpaired) electrons. The molecule has 1 aliphatic rings. The van der Waals surface area contributed by atoms with E-state index in [9.17, 15) is 0 Å². The molecule has 1 aliphatic heterocycles. The maximum atomic E-state index is 5.88. The van der Waals surface area contributed by atoms with Crippen molar-refractivity contribution in [1.82, 2.24) is 14.9 Å². The van der Waals surface area contributed by atoms with Crippen LogP contribution in [-0.2, 0) is 11.8 Å². The fourth-order valence-electron chi connectivity index (χ4n) is 3.54. The summed E-state index contributed by atoms with van der Waals surface area (Å²) in [4.78, 5) is 6.63. The number of hydrazone groups is 1. The second-order valence-electron chi connectivity index (χ2n) is 7.25. The molecule has 1 saturated heterocycles. The van der Waals surface area contributed by atoms with E-state index in [1.165, 1.54) is 0 Å². The first-order valence-corrected chi connectivity index (χ1v) is 10.2. The summed E-state index contributed by atoms with van der Waals surface area (Å²) >= 11 is 0. The van der Waals surface area contributed by atoms with Crippen molar-refractivity contribution >= 4 is 34.8 Å². The van der Waals surface area contributed by atoms with Crippen LogP contribution in [0.4, 0.5) is 0 Å². The first-order valence-electron chi connectivity index (χ1n) is 10.2. The van der Waals surface area contributed by atoms with Crippen LogP contribution in [0.5, 0.6) is 0 Å². The van der Waals surface area contributed by atoms with Crippen LogP contribution >= 0.6 is 17.0 Å². The predicted octanol–water partition coefficient (Wildman–Crippen LogP) is -1.42. The van der Waals surface area contributed by atoms with Gasteiger partial charge in [-0.15, -0.1) is 17.0 Å². The lowest BCUT2D eigenvalue weighted by Crippen LogP contribution is -3.00. The molecule has 3 N–H and O–H groups in total. The van der Waals surface area contributed by atoms with Crippen molar-refractivity contribution in [2.24, 2.45) is 22.9 Å². The summed E-state index contributed by atoms with van der Waals surface area (Å²) in [5, 5.41) is 4.19. The number of halogens is 2. The van der Waals surface area contributed by atoms with Crippen LogP contribution in [0.1, 0.15) is 5.56 Å². The Morgan fingerprint density at radius 3 is 2.66 bits per heavy atom. The molecule has 0 amide bonds. The van der Waals surface area contributed by atoms with Gasteiger partial charge in [0, 0.05) is 31.3 Å². The van der Waals surface area contributed by atoms with Crippen LogP contribution in [-0.4, -0.2) is 61.0 Å². The van der Waals surface area contributed by atoms with Crippen LogP contribution in [0.3, 0.4) is 0 Å². The summed E-state index contributed by atoms with van der Waals surface area (Å²) in [7, 11) is 2.07. The summed E-state index contributed by atoms with van der Waals surface area (Å²) in [5.41, 5.74) is 13.1. The SMILES string of the molecule is Br.Cn1c(-c2ccc(/C=N/NC(N)=NCCN3CCOCC3)cc2)c[n+]2ccccc12.[Br-]. The maximum Gasteiger partial charge on any atom is 0.286 e. The molecular weight excluding hydrogens is 538 g/mol. The molecule has 0 bridgehead atoms. The highest BCUT2D eigenvalue weighted by Gasteiger charge is 2.14. The topological polar surface area (TPSA) is 84.3 Å². The molecule has 0 aliphatic carbocycles. The van der Waals surface area contributed by atoms with E-state index in [4.69, 9.17) is 10.5 Å². The Labute approximate surface area is 209 Å². The lowest BCUT2D eigenvalue weighted by atomic mass is 10.1. The van der Waals surface area contributed by atoms with Crippen LogP contribution in [0.2, 0.25) is 0 Å². The van der Waals surface area contributed by atoms with Crippen molar-refractivity contribution in [3.8, 4) is 11.3 Å². The van der Waals surface area contributed by atoms with Gasteiger partial charge in [0.15, 0.2) is 5.69 Å². The number of ether oxygens (including phenoxy) is 1. The summed E-state index contributed by atoms with van der Waals surface area (Å²) in [6.45, 7) is 5.01. The number of guanidine groups is 1. The minimum atomic E-state index is 0. The first-order chi connectivity index (χ1) is 14.7. The molecule has 2 aromatic heterocycles. The number of hydrogen-bond acceptors (Lipinski definition) is 4. The molecule has 10 heteroatoms. The van der Waals surface area contributed by atoms with Crippen molar-refractivity contribution in [3.05, 3.63) is 60.4 Å². The minimum absolute atomic E-state index is 0. The molecule has 0 spiro atoms. The first kappa shape index (κ1) is 26.0. The lowest BCUT2D eigenvalue weighted by molar-refractivity contribution is -0.510. The van der Waals surface area contributed by atoms with Gasteiger partial charge < -0.3 is 27.5 Å². The Balaban J connectivity index is 0.00000181. The largest absolute Gasteiger partial charge is 1.00 e. The van der Waals surface area contributed by atoms with E-state index in [-0.39, 0.29) is 34.0 Å². The fraction of sp³-hybridized carbons (Fsp3) is 0.318. The summed E-state index contributed by atoms with van der Waals surface area (Å²) in [6.07, 6.45) is 5.93. The van der Waals surface area contributed by atoms with Crippen molar-refractivity contribution in [2.45, 2.75) is 0 Å². The molecule has 3 aromatic rings. The van der Waals surface area contributed by atoms with E-state index in [1.54, 1.807) is 6.21 Å². The van der Waals surface area contributed by atoms with Crippen molar-refractivity contribution in [2.75, 3.05) is 39.4 Å². The zero-order valence-corrected chi connectivity index (χ0v) is 21.3. The number of nitrogens with one attached hydrogen (secondary N) is 1. The molecule has 4 rings (SSSR count). The van der Waals surface area contributed by atoms with Gasteiger partial charge in [0.2, 0.25) is 5.96 Å². The standard InChI is InChI=1S/C22H28N7O.2BrH/c1-27-20(17-29-10-3-2-4-21(27)29)19-7-5-18(6-8-19)16-25-26-22(23)24-9-11-28-12-14-30-15-13-28;;/h2-8,10,16-17H,9,11-15H2,1H3,(H3,23,24,26);2*1H/q+1;;/p-1/b25-16+;;. The number of rotatable bonds is 6. The van der Waals surface area contributed by atoms with Gasteiger partial charge in [0.1, 0.15) is 6.20 Å². The van der Waals surface area contributed by atoms with Gasteiger partial charge in [-0.25, -0.2) is 14.4 Å². The number of nitrogens with zero attached hydrogens (tertiary/aromatic N) is 5. The summed E-state index contributed by atoms with van der Waals surface area (Å²) < 4.78 is 9.64. The third-order valence-corrected chi connectivity index (χ3v) is 5.24. The Hall–Kier alpha value is -2.27. The summed E-state index contributed by atoms with van der Waals surface area (Å²) in [5.74, 6) is 0.323. The van der Waals surface area contributed by atoms with Crippen LogP contribution in [0.15, 0.2) is 65.0 Å². The van der Waals surface area contributed by atoms with E-state index < -0.39 is 0 Å². The van der Waals surface area contributed by atoms with Crippen LogP contribution < -0.4 is 32.5 Å². The number of benzene rings is 1. The molecule has 32 heavy (non-hydrogen) atoms. The Bertz CT molecular complexity index is 1040. The number of fused-ring (bicyclic) bond motifs is 1. The number of aryl methyl sites for hydroxylation is 1. The van der Waals surface area contributed by atoms with Crippen molar-refractivity contribution < 1.29 is 26.1 Å². The predicted molar refractivity (Wildman–Crippen MR) is 129 cm³/mol. The highest BCUT2D eigenvalue weighted by molar-refractivity contribution is 8.93. The Kier molecular flexibility index (Phi) is 10.3. The van der Waals surface area contributed by atoms with Gasteiger partial charge in [-0.1, -0.05) is 18.2 Å². The van der Waals surface area contributed by atoms with Gasteiger partial charge >= 0.3 is 0 Å². The van der Waals surface area contributed by atoms with Gasteiger partial charge in [0.25, 0.3) is 5.65 Å². The third kappa shape index (κ3) is 6.61. The zero-order chi connectivity index (χ0) is 20.8. The second kappa shape index (κ2) is 12.7. The maximum absolute atomic E-state index is 5.88. The average molecular weight is 567 g/mol. The van der Waals surface area contributed by atoms with E-state index >= 15 is 0 Å². The molecule has 8 nitrogen and oxygen atoms in total. The number of aliphatic imine (C=N–C) groups is 1. The molecule has 0 saturated carbocycles. The second-order valence-corrected chi connectivity index (χ2v) is 7.25. The lowest BCUT2D eigenvalue weighted by Gasteiger charge is -2.25. The monoisotopic (exact) mass is 565 g/mol. The molecular formula is C22H29Br2N7O. The number of aromatic nitrogens is 2. The molecule has 1 fully saturated rings. The van der Waals surface area contributed by atoms with Gasteiger partial charge in [-0.2, -0.15) is 5.10 Å². The quantitative estimate of drug-likeness (QED) is 0.166. The van der Waals surface area contributed by atoms with Gasteiger partial charge in [0.05, 0.1) is 39.2 Å². The number of imidazole rings is 1. The fourth-order valence-corrected chi connectivity index (χ4v) is 3.54. The van der Waals surface area contributed by atoms with E-state index in [0.717, 1.165) is 55.3 Å². The number of nitrogens with two attached hydrogens (primary N) is 1. The van der Waals surface area contributed by atoms with E-state index in [0.29, 0.717) is 12.5 Å². The van der Waals surface area contributed by atoms with Gasteiger partial charge in [-0.05, 0) is 23.8 Å². The highest BCUT2D eigenvalue weighted by atomic mass is 79.9. The normalized spacial score (nSPS) is 14.8. The Morgan fingerprint density at radius 1 is 1.19 bits per heavy atom. The number of morpholine rings is 1. The minimum Gasteiger partial charge on any atom is -1.00 e. The van der Waals surface area contributed by atoms with Crippen LogP contribution in [0.25, 0.3) is 16.9 Å². The molecule has 0 atom stereocenters. The van der Waals surface area contributed by atoms with Crippen LogP contribution in [0, 0.1) is 0 Å². The average Bonchev–Trinajstić information content (AvgIpc) is 3.12. The van der Waals surface area contributed by atoms with E-state index in [1.807, 2.05) is 24.3 Å². The molecule has 3 heterocycles. The summed E-state index contributed by atoms with van der Waals surface area (Å²) in [6, 6.07) is 14.4. The smallest absolute Gasteiger partial charge is 0.286 e. The number of pyridine rings is 1. The molecule has 0 unspecified atom stereocenters. The van der Waals surface area contributed by atoms with Crippen molar-refractivity contribution in [3.63, 3.8) is 0 Å². The highest BCUT2D eigenvalue weighted by Crippen LogP contribution is 2.19. The van der Waals surface area contributed by atoms with Gasteiger partial charge in [-0.3, -0.25) is 9.89 Å². The molecule has 1 aromatic carbocycles. The van der Waals surface area contributed by atoms with Crippen molar-refractivity contribution in [1.29, 1.82) is 0 Å². The zero-order valence-electron chi connectivity index (χ0n) is 18.0. The third-order valence-electron chi connectivity index (χ3n) is 5.24. The number of hydrogen-bond donors (Lipinski definition) is 2.